The van der Waals surface area contributed by atoms with Crippen molar-refractivity contribution >= 4 is 22.5 Å². The summed E-state index contributed by atoms with van der Waals surface area (Å²) in [7, 11) is 1.72. The number of hydrogen-bond acceptors (Lipinski definition) is 7. The zero-order valence-electron chi connectivity index (χ0n) is 16.8. The van der Waals surface area contributed by atoms with E-state index in [0.29, 0.717) is 43.3 Å². The number of nitrogens with one attached hydrogen (secondary N) is 1. The third-order valence-electron chi connectivity index (χ3n) is 5.37. The molecule has 0 aromatic carbocycles. The molecule has 1 aliphatic rings. The van der Waals surface area contributed by atoms with Gasteiger partial charge < -0.3 is 10.2 Å². The fraction of sp³-hybridized carbons (Fsp3) is 0.474. The van der Waals surface area contributed by atoms with Crippen LogP contribution in [-0.2, 0) is 11.8 Å². The molecule has 1 N–H and O–H groups in total. The molecule has 0 bridgehead atoms. The van der Waals surface area contributed by atoms with Gasteiger partial charge in [-0.3, -0.25) is 9.78 Å². The number of amides is 1. The van der Waals surface area contributed by atoms with Crippen LogP contribution in [0.2, 0.25) is 0 Å². The lowest BCUT2D eigenvalue weighted by atomic mass is 9.96. The van der Waals surface area contributed by atoms with Crippen molar-refractivity contribution in [2.24, 2.45) is 13.0 Å². The highest BCUT2D eigenvalue weighted by Gasteiger charge is 2.30. The first-order chi connectivity index (χ1) is 14.8. The van der Waals surface area contributed by atoms with Crippen molar-refractivity contribution < 1.29 is 18.0 Å². The maximum Gasteiger partial charge on any atom is 0.390 e. The Kier molecular flexibility index (Phi) is 5.81. The van der Waals surface area contributed by atoms with Crippen LogP contribution in [0.5, 0.6) is 0 Å². The number of likely N-dealkylation sites (tertiary alicyclic amines) is 1. The molecular formula is C19H21F3N8O. The van der Waals surface area contributed by atoms with E-state index in [1.165, 1.54) is 4.68 Å². The number of alkyl halides is 3. The van der Waals surface area contributed by atoms with E-state index in [-0.39, 0.29) is 18.4 Å². The van der Waals surface area contributed by atoms with E-state index in [4.69, 9.17) is 0 Å². The van der Waals surface area contributed by atoms with E-state index in [0.717, 1.165) is 10.8 Å². The summed E-state index contributed by atoms with van der Waals surface area (Å²) in [5.74, 6) is 0.498. The topological polar surface area (TPSA) is 102 Å². The monoisotopic (exact) mass is 434 g/mol. The fourth-order valence-electron chi connectivity index (χ4n) is 3.61. The second-order valence-corrected chi connectivity index (χ2v) is 7.58. The molecule has 0 spiro atoms. The predicted molar refractivity (Wildman–Crippen MR) is 106 cm³/mol. The number of carbonyl (C=O) groups excluding carboxylic acids is 1. The molecule has 4 rings (SSSR count). The van der Waals surface area contributed by atoms with Crippen molar-refractivity contribution in [3.63, 3.8) is 0 Å². The molecule has 0 atom stereocenters. The molecule has 31 heavy (non-hydrogen) atoms. The van der Waals surface area contributed by atoms with E-state index < -0.39 is 12.6 Å². The number of anilines is 1. The van der Waals surface area contributed by atoms with Gasteiger partial charge in [-0.15, -0.1) is 5.10 Å². The van der Waals surface area contributed by atoms with E-state index in [2.05, 4.69) is 30.8 Å². The van der Waals surface area contributed by atoms with Crippen molar-refractivity contribution in [3.05, 3.63) is 24.5 Å². The van der Waals surface area contributed by atoms with Gasteiger partial charge in [-0.05, 0) is 53.9 Å². The molecule has 164 valence electrons. The zero-order valence-corrected chi connectivity index (χ0v) is 16.8. The fourth-order valence-corrected chi connectivity index (χ4v) is 3.61. The lowest BCUT2D eigenvalue weighted by molar-refractivity contribution is -0.139. The molecule has 0 saturated carbocycles. The van der Waals surface area contributed by atoms with E-state index >= 15 is 0 Å². The molecule has 1 aliphatic heterocycles. The number of halogens is 3. The van der Waals surface area contributed by atoms with E-state index in [9.17, 15) is 18.0 Å². The third kappa shape index (κ3) is 5.13. The molecule has 3 aromatic rings. The van der Waals surface area contributed by atoms with Crippen molar-refractivity contribution in [1.82, 2.24) is 35.1 Å². The van der Waals surface area contributed by atoms with Crippen LogP contribution in [0.4, 0.5) is 19.0 Å². The molecule has 1 amide bonds. The smallest absolute Gasteiger partial charge is 0.310 e. The van der Waals surface area contributed by atoms with Crippen molar-refractivity contribution in [2.45, 2.75) is 25.4 Å². The quantitative estimate of drug-likeness (QED) is 0.658. The van der Waals surface area contributed by atoms with Crippen LogP contribution >= 0.6 is 0 Å². The minimum atomic E-state index is -4.16. The number of hydrogen-bond donors (Lipinski definition) is 1. The lowest BCUT2D eigenvalue weighted by Gasteiger charge is -2.31. The summed E-state index contributed by atoms with van der Waals surface area (Å²) < 4.78 is 38.7. The van der Waals surface area contributed by atoms with Gasteiger partial charge in [-0.25, -0.2) is 9.67 Å². The van der Waals surface area contributed by atoms with Gasteiger partial charge in [0, 0.05) is 37.3 Å². The van der Waals surface area contributed by atoms with Gasteiger partial charge in [-0.1, -0.05) is 0 Å². The molecule has 1 fully saturated rings. The van der Waals surface area contributed by atoms with Gasteiger partial charge in [0.15, 0.2) is 5.82 Å². The normalized spacial score (nSPS) is 16.0. The van der Waals surface area contributed by atoms with Gasteiger partial charge in [-0.2, -0.15) is 13.2 Å². The predicted octanol–water partition coefficient (Wildman–Crippen LogP) is 2.42. The standard InChI is InChI=1S/C19H21F3N8O/c1-29-17(26-27-28-29)15-8-13-9-16(24-11-14(13)10-23-15)25-18(31)12-2-5-30(6-3-12)7-4-19(20,21)22/h8-12H,2-7H2,1H3,(H,24,25,31). The largest absolute Gasteiger partial charge is 0.390 e. The number of fused-ring (bicyclic) bond motifs is 1. The van der Waals surface area contributed by atoms with Crippen molar-refractivity contribution in [1.29, 1.82) is 0 Å². The van der Waals surface area contributed by atoms with Crippen molar-refractivity contribution in [3.8, 4) is 11.5 Å². The molecule has 4 heterocycles. The maximum absolute atomic E-state index is 12.6. The van der Waals surface area contributed by atoms with E-state index in [1.54, 1.807) is 30.4 Å². The van der Waals surface area contributed by atoms with Gasteiger partial charge in [0.2, 0.25) is 5.91 Å². The summed E-state index contributed by atoms with van der Waals surface area (Å²) in [5.41, 5.74) is 0.592. The first-order valence-electron chi connectivity index (χ1n) is 9.87. The summed E-state index contributed by atoms with van der Waals surface area (Å²) in [4.78, 5) is 23.0. The SMILES string of the molecule is Cn1nnnc1-c1cc2cc(NC(=O)C3CCN(CCC(F)(F)F)CC3)ncc2cn1. The second-order valence-electron chi connectivity index (χ2n) is 7.58. The van der Waals surface area contributed by atoms with Crippen LogP contribution in [0.3, 0.4) is 0 Å². The number of tetrazole rings is 1. The van der Waals surface area contributed by atoms with E-state index in [1.807, 2.05) is 6.07 Å². The Morgan fingerprint density at radius 1 is 1.16 bits per heavy atom. The third-order valence-corrected chi connectivity index (χ3v) is 5.37. The molecular weight excluding hydrogens is 413 g/mol. The zero-order chi connectivity index (χ0) is 22.0. The Hall–Kier alpha value is -3.15. The van der Waals surface area contributed by atoms with Crippen LogP contribution in [0, 0.1) is 5.92 Å². The average molecular weight is 434 g/mol. The van der Waals surface area contributed by atoms with Crippen molar-refractivity contribution in [2.75, 3.05) is 25.0 Å². The molecule has 0 aliphatic carbocycles. The summed E-state index contributed by atoms with van der Waals surface area (Å²) in [6.45, 7) is 0.918. The molecule has 12 heteroatoms. The number of pyridine rings is 2. The first kappa shape index (κ1) is 21.1. The summed E-state index contributed by atoms with van der Waals surface area (Å²) in [6.07, 6.45) is -0.666. The number of nitrogens with zero attached hydrogens (tertiary/aromatic N) is 7. The van der Waals surface area contributed by atoms with Crippen LogP contribution in [0.1, 0.15) is 19.3 Å². The summed E-state index contributed by atoms with van der Waals surface area (Å²) in [6, 6.07) is 3.57. The van der Waals surface area contributed by atoms with Crippen LogP contribution in [0.25, 0.3) is 22.3 Å². The van der Waals surface area contributed by atoms with Gasteiger partial charge >= 0.3 is 6.18 Å². The number of rotatable bonds is 5. The molecule has 0 radical (unpaired) electrons. The van der Waals surface area contributed by atoms with Crippen LogP contribution in [-0.4, -0.2) is 66.8 Å². The number of piperidine rings is 1. The number of aromatic nitrogens is 6. The second kappa shape index (κ2) is 8.53. The lowest BCUT2D eigenvalue weighted by Crippen LogP contribution is -2.39. The Bertz CT molecular complexity index is 1080. The summed E-state index contributed by atoms with van der Waals surface area (Å²) >= 11 is 0. The van der Waals surface area contributed by atoms with Gasteiger partial charge in [0.1, 0.15) is 11.5 Å². The minimum Gasteiger partial charge on any atom is -0.310 e. The molecule has 0 unspecified atom stereocenters. The highest BCUT2D eigenvalue weighted by atomic mass is 19.4. The summed E-state index contributed by atoms with van der Waals surface area (Å²) in [5, 5.41) is 15.8. The Morgan fingerprint density at radius 3 is 2.58 bits per heavy atom. The Balaban J connectivity index is 1.39. The Morgan fingerprint density at radius 2 is 1.90 bits per heavy atom. The highest BCUT2D eigenvalue weighted by molar-refractivity contribution is 5.94. The van der Waals surface area contributed by atoms with Crippen LogP contribution in [0.15, 0.2) is 24.5 Å². The van der Waals surface area contributed by atoms with Crippen LogP contribution < -0.4 is 5.32 Å². The average Bonchev–Trinajstić information content (AvgIpc) is 3.17. The van der Waals surface area contributed by atoms with Gasteiger partial charge in [0.25, 0.3) is 0 Å². The highest BCUT2D eigenvalue weighted by Crippen LogP contribution is 2.25. The minimum absolute atomic E-state index is 0.0263. The molecule has 9 nitrogen and oxygen atoms in total. The maximum atomic E-state index is 12.6. The molecule has 1 saturated heterocycles. The Labute approximate surface area is 175 Å². The molecule has 3 aromatic heterocycles. The first-order valence-corrected chi connectivity index (χ1v) is 9.87. The number of aryl methyl sites for hydroxylation is 1. The van der Waals surface area contributed by atoms with Gasteiger partial charge in [0.05, 0.1) is 6.42 Å². The number of carbonyl (C=O) groups is 1.